The van der Waals surface area contributed by atoms with Gasteiger partial charge in [-0.15, -0.1) is 0 Å². The molecule has 7 aromatic rings. The van der Waals surface area contributed by atoms with Crippen LogP contribution in [0.25, 0.3) is 10.9 Å². The number of nitrogens with two attached hydrogens (primary N) is 1. The molecular weight excluding hydrogens is 1960 g/mol. The van der Waals surface area contributed by atoms with E-state index in [1.54, 1.807) is 247 Å². The second-order valence-corrected chi connectivity index (χ2v) is 46.9. The molecule has 9 amide bonds. The van der Waals surface area contributed by atoms with Gasteiger partial charge in [-0.1, -0.05) is 137 Å². The van der Waals surface area contributed by atoms with E-state index in [2.05, 4.69) is 67.9 Å². The van der Waals surface area contributed by atoms with Crippen molar-refractivity contribution in [2.24, 2.45) is 17.6 Å². The summed E-state index contributed by atoms with van der Waals surface area (Å²) in [6.45, 7) is 39.3. The molecule has 0 radical (unpaired) electrons. The molecule has 0 spiro atoms. The monoisotopic (exact) mass is 2120 g/mol. The van der Waals surface area contributed by atoms with E-state index in [1.807, 2.05) is 27.7 Å². The van der Waals surface area contributed by atoms with Crippen LogP contribution >= 0.6 is 0 Å². The number of esters is 1. The molecule has 39 nitrogen and oxygen atoms in total. The van der Waals surface area contributed by atoms with Crippen LogP contribution in [0.3, 0.4) is 0 Å². The number of amides is 9. The number of unbranched alkanes of at least 4 members (excludes halogenated alkanes) is 1. The molecule has 0 saturated carbocycles. The van der Waals surface area contributed by atoms with Gasteiger partial charge in [0.15, 0.2) is 0 Å². The first kappa shape index (κ1) is 120. The number of carboxylic acid groups (broad SMARTS) is 1. The van der Waals surface area contributed by atoms with E-state index in [-0.39, 0.29) is 84.9 Å². The molecule has 3 heterocycles. The Labute approximate surface area is 879 Å². The van der Waals surface area contributed by atoms with Gasteiger partial charge < -0.3 is 93.0 Å². The number of sulfonamides is 2. The third-order valence-electron chi connectivity index (χ3n) is 25.5. The number of benzene rings is 6. The highest BCUT2D eigenvalue weighted by atomic mass is 32.2. The average molecular weight is 2120 g/mol. The van der Waals surface area contributed by atoms with Gasteiger partial charge in [-0.25, -0.2) is 40.7 Å². The van der Waals surface area contributed by atoms with Crippen molar-refractivity contribution in [3.8, 4) is 11.5 Å². The van der Waals surface area contributed by atoms with E-state index >= 15 is 33.6 Å². The molecule has 150 heavy (non-hydrogen) atoms. The van der Waals surface area contributed by atoms with Gasteiger partial charge in [-0.3, -0.25) is 58.5 Å². The molecule has 0 aliphatic carbocycles. The number of hydrogen-bond acceptors (Lipinski definition) is 24. The highest BCUT2D eigenvalue weighted by Crippen LogP contribution is 2.46. The maximum atomic E-state index is 16.3. The summed E-state index contributed by atoms with van der Waals surface area (Å²) in [7, 11) is -8.89. The molecule has 9 rings (SSSR count). The summed E-state index contributed by atoms with van der Waals surface area (Å²) >= 11 is 0. The van der Waals surface area contributed by atoms with Gasteiger partial charge in [0.2, 0.25) is 59.2 Å². The Morgan fingerprint density at radius 3 is 1.27 bits per heavy atom. The number of nitrogens with one attached hydrogen (secondary N) is 15. The number of para-hydroxylation sites is 1. The quantitative estimate of drug-likeness (QED) is 0.00421. The Morgan fingerprint density at radius 2 is 0.827 bits per heavy atom. The minimum absolute atomic E-state index is 0.00868. The number of guanidine groups is 2. The largest absolute Gasteiger partial charge is 0.487 e. The SMILES string of the molecule is Cc1c(C)c(S(=O)(=O)NC(=N)NCCC[C@H](NC(=O)[C@H](CC(=O)NC(c2ccccc2)(c2ccccc2)c2ccccc2)NC(=O)[C@H](Cc2cn(C(=O)OC(C)(C)C)c3ccccc23)NC(=O)[C@H](CCC(=O)OC(C)(C)C)NC(=O)[C@H](CC(C)C)NC(=O)[C@H](CCCNC(=N)NS(=O)(=O)c2c(C)c(C)c3c(c2C)CC(C)(C)O3)NC(=O)[C@H](CC(C)C)NC(=O)[C@@H](N)CCCCNC(=O)OC(C)(C)C)C(=O)O)c(C)c2c1OC(C)(C)C2. The fourth-order valence-electron chi connectivity index (χ4n) is 18.4. The molecule has 6 aromatic carbocycles. The molecule has 0 fully saturated rings. The minimum atomic E-state index is -4.45. The van der Waals surface area contributed by atoms with Crippen molar-refractivity contribution < 1.29 is 103 Å². The van der Waals surface area contributed by atoms with Crippen molar-refractivity contribution in [2.75, 3.05) is 19.6 Å². The lowest BCUT2D eigenvalue weighted by Gasteiger charge is -2.37. The average Bonchev–Trinajstić information content (AvgIpc) is 1.57. The summed E-state index contributed by atoms with van der Waals surface area (Å²) in [4.78, 5) is 178. The number of ether oxygens (including phenoxy) is 5. The lowest BCUT2D eigenvalue weighted by Crippen LogP contribution is -2.61. The number of carbonyl (C=O) groups excluding carboxylic acids is 11. The van der Waals surface area contributed by atoms with Crippen molar-refractivity contribution in [1.29, 1.82) is 10.8 Å². The van der Waals surface area contributed by atoms with Gasteiger partial charge in [0.25, 0.3) is 20.0 Å². The molecule has 8 atom stereocenters. The van der Waals surface area contributed by atoms with Crippen LogP contribution in [0, 0.1) is 64.2 Å². The number of fused-ring (bicyclic) bond motifs is 3. The van der Waals surface area contributed by atoms with Gasteiger partial charge in [0.1, 0.15) is 87.3 Å². The molecule has 41 heteroatoms. The number of aliphatic carboxylic acids is 1. The van der Waals surface area contributed by atoms with Gasteiger partial charge in [0.05, 0.1) is 27.8 Å². The zero-order valence-electron chi connectivity index (χ0n) is 90.4. The molecule has 2 aliphatic heterocycles. The summed E-state index contributed by atoms with van der Waals surface area (Å²) < 4.78 is 92.3. The Bertz CT molecular complexity index is 6250. The summed E-state index contributed by atoms with van der Waals surface area (Å²) in [5, 5.41) is 59.2. The number of alkyl carbamates (subject to hydrolysis) is 1. The smallest absolute Gasteiger partial charge is 0.419 e. The number of aromatic nitrogens is 1. The maximum Gasteiger partial charge on any atom is 0.419 e. The Kier molecular flexibility index (Phi) is 40.5. The zero-order chi connectivity index (χ0) is 111. The van der Waals surface area contributed by atoms with E-state index in [9.17, 15) is 45.9 Å². The second-order valence-electron chi connectivity index (χ2n) is 43.7. The van der Waals surface area contributed by atoms with Crippen LogP contribution in [0.15, 0.2) is 131 Å². The lowest BCUT2D eigenvalue weighted by molar-refractivity contribution is -0.155. The van der Waals surface area contributed by atoms with Crippen molar-refractivity contribution in [3.63, 3.8) is 0 Å². The van der Waals surface area contributed by atoms with Crippen molar-refractivity contribution in [2.45, 2.75) is 347 Å². The second kappa shape index (κ2) is 50.7. The van der Waals surface area contributed by atoms with Crippen LogP contribution in [-0.2, 0) is 107 Å². The normalized spacial score (nSPS) is 14.9. The molecular formula is C109H153N17O22S2. The summed E-state index contributed by atoms with van der Waals surface area (Å²) in [5.74, 6) is -11.6. The first-order valence-electron chi connectivity index (χ1n) is 50.8. The van der Waals surface area contributed by atoms with Crippen molar-refractivity contribution >= 4 is 114 Å². The maximum absolute atomic E-state index is 16.3. The molecule has 0 bridgehead atoms. The standard InChI is InChI=1S/C109H153N17O22S2/c1-62(2)55-81(119-92(129)77(110)46-35-36-52-115-102(138)147-105(14,15)16)95(132)116-78(47-37-53-113-100(111)124-149(140,141)90-66(7)64(5)88-75(68(90)9)59-107(20,21)145-88)93(130)120-82(56-63(3)4)96(133)117-79(50-51-87(128)144-104(11,12)13)94(131)121-83(57-70-61-126(103(139)148-106(17,18)19)85-49-34-33-45-74(70)85)97(134)122-84(58-86(127)123-109(71-39-27-24-28-40-71,72-41-29-25-30-42-72)73-43-31-26-32-44-73)98(135)118-80(99(136)137)48-38-54-114-101(112)125-150(142,143)91-67(8)65(6)89-76(69(91)10)60-108(22,23)146-89/h24-34,39-45,49,61-63,77-84H,35-38,46-48,50-60,110H2,1-23H3,(H,115,138)(H,116,132)(H,117,133)(H,118,135)(H,119,129)(H,120,130)(H,121,131)(H,122,134)(H,123,127)(H,136,137)(H3,111,113,124)(H3,112,114,125)/t77-,78-,79-,80-,81-,82-,83-,84-/m0/s1. The highest BCUT2D eigenvalue weighted by molar-refractivity contribution is 7.90. The predicted octanol–water partition coefficient (Wildman–Crippen LogP) is 11.0. The number of rotatable bonds is 47. The fraction of sp³-hybridized carbons (Fsp3) is 0.523. The Morgan fingerprint density at radius 1 is 0.447 bits per heavy atom. The van der Waals surface area contributed by atoms with Gasteiger partial charge in [-0.05, 0) is 269 Å². The molecule has 1 aromatic heterocycles. The number of carbonyl (C=O) groups is 12. The van der Waals surface area contributed by atoms with Crippen LogP contribution < -0.4 is 83.1 Å². The number of nitrogens with zero attached hydrogens (tertiary/aromatic N) is 1. The molecule has 818 valence electrons. The molecule has 18 N–H and O–H groups in total. The Hall–Kier alpha value is -13.7. The first-order valence-corrected chi connectivity index (χ1v) is 53.8. The molecule has 0 saturated heterocycles. The van der Waals surface area contributed by atoms with E-state index < -0.39 is 223 Å². The van der Waals surface area contributed by atoms with E-state index in [0.29, 0.717) is 104 Å². The highest BCUT2D eigenvalue weighted by Gasteiger charge is 2.45. The topological polar surface area (TPSA) is 575 Å². The summed E-state index contributed by atoms with van der Waals surface area (Å²) in [6.07, 6.45) is -2.34. The van der Waals surface area contributed by atoms with Gasteiger partial charge in [0, 0.05) is 68.0 Å². The lowest BCUT2D eigenvalue weighted by atomic mass is 9.77. The zero-order valence-corrected chi connectivity index (χ0v) is 92.0. The van der Waals surface area contributed by atoms with E-state index in [1.165, 1.54) is 10.8 Å². The van der Waals surface area contributed by atoms with Crippen LogP contribution in [0.2, 0.25) is 0 Å². The van der Waals surface area contributed by atoms with Crippen LogP contribution in [-0.4, -0.2) is 206 Å². The summed E-state index contributed by atoms with van der Waals surface area (Å²) in [5.41, 5.74) is 7.09. The van der Waals surface area contributed by atoms with Crippen molar-refractivity contribution in [1.82, 2.24) is 72.5 Å². The molecule has 2 aliphatic rings. The van der Waals surface area contributed by atoms with Gasteiger partial charge >= 0.3 is 24.1 Å². The Balaban J connectivity index is 1.07. The number of hydrogen-bond donors (Lipinski definition) is 17. The van der Waals surface area contributed by atoms with E-state index in [4.69, 9.17) is 40.2 Å². The van der Waals surface area contributed by atoms with Gasteiger partial charge in [-0.2, -0.15) is 0 Å². The van der Waals surface area contributed by atoms with Crippen LogP contribution in [0.5, 0.6) is 11.5 Å². The first-order chi connectivity index (χ1) is 69.9. The minimum Gasteiger partial charge on any atom is -0.487 e. The molecule has 0 unspecified atom stereocenters. The summed E-state index contributed by atoms with van der Waals surface area (Å²) in [6, 6.07) is 19.5. The van der Waals surface area contributed by atoms with Crippen molar-refractivity contribution in [3.05, 3.63) is 188 Å². The van der Waals surface area contributed by atoms with Crippen LogP contribution in [0.1, 0.15) is 262 Å². The van der Waals surface area contributed by atoms with E-state index in [0.717, 1.165) is 0 Å². The van der Waals surface area contributed by atoms with Crippen LogP contribution in [0.4, 0.5) is 9.59 Å². The third-order valence-corrected chi connectivity index (χ3v) is 28.8. The third kappa shape index (κ3) is 33.2. The fourth-order valence-corrected chi connectivity index (χ4v) is 21.5. The predicted molar refractivity (Wildman–Crippen MR) is 569 cm³/mol. The number of carboxylic acids is 1.